The highest BCUT2D eigenvalue weighted by molar-refractivity contribution is 5.65. The van der Waals surface area contributed by atoms with Gasteiger partial charge in [-0.25, -0.2) is 4.98 Å². The molecule has 0 aliphatic carbocycles. The Bertz CT molecular complexity index is 736. The van der Waals surface area contributed by atoms with Crippen molar-refractivity contribution < 1.29 is 22.6 Å². The largest absolute Gasteiger partial charge is 0.491 e. The first kappa shape index (κ1) is 19.8. The van der Waals surface area contributed by atoms with Crippen molar-refractivity contribution in [3.8, 4) is 11.6 Å². The van der Waals surface area contributed by atoms with Gasteiger partial charge < -0.3 is 14.4 Å². The third kappa shape index (κ3) is 4.77. The van der Waals surface area contributed by atoms with E-state index in [9.17, 15) is 13.2 Å². The van der Waals surface area contributed by atoms with Crippen molar-refractivity contribution in [3.05, 3.63) is 36.0 Å². The Balaban J connectivity index is 2.42. The lowest BCUT2D eigenvalue weighted by Crippen LogP contribution is -2.19. The minimum Gasteiger partial charge on any atom is -0.491 e. The molecule has 0 aliphatic rings. The molecule has 0 unspecified atom stereocenters. The maximum atomic E-state index is 13.2. The lowest BCUT2D eigenvalue weighted by Gasteiger charge is -2.22. The number of nitrogens with zero attached hydrogens (tertiary/aromatic N) is 3. The smallest absolute Gasteiger partial charge is 0.423 e. The number of rotatable bonds is 7. The number of ether oxygens (including phenoxy) is 2. The van der Waals surface area contributed by atoms with Gasteiger partial charge in [-0.3, -0.25) is 0 Å². The molecule has 0 spiro atoms. The number of hydrogen-bond acceptors (Lipinski definition) is 5. The average molecular weight is 369 g/mol. The molecule has 142 valence electrons. The summed E-state index contributed by atoms with van der Waals surface area (Å²) in [5, 5.41) is 0. The maximum Gasteiger partial charge on any atom is 0.423 e. The molecule has 5 nitrogen and oxygen atoms in total. The molecule has 0 radical (unpaired) electrons. The summed E-state index contributed by atoms with van der Waals surface area (Å²) in [6.45, 7) is 5.79. The van der Waals surface area contributed by atoms with Crippen LogP contribution in [0, 0.1) is 0 Å². The van der Waals surface area contributed by atoms with Gasteiger partial charge in [0.05, 0.1) is 18.4 Å². The van der Waals surface area contributed by atoms with Crippen LogP contribution in [0.5, 0.6) is 11.6 Å². The predicted octanol–water partition coefficient (Wildman–Crippen LogP) is 4.84. The summed E-state index contributed by atoms with van der Waals surface area (Å²) in [5.74, 6) is 0.198. The van der Waals surface area contributed by atoms with Crippen molar-refractivity contribution in [1.29, 1.82) is 0 Å². The van der Waals surface area contributed by atoms with Crippen LogP contribution in [0.4, 0.5) is 24.8 Å². The van der Waals surface area contributed by atoms with Gasteiger partial charge in [0.2, 0.25) is 11.8 Å². The lowest BCUT2D eigenvalue weighted by atomic mass is 10.2. The van der Waals surface area contributed by atoms with Crippen LogP contribution in [0.1, 0.15) is 32.8 Å². The fourth-order valence-corrected chi connectivity index (χ4v) is 2.20. The first-order valence-corrected chi connectivity index (χ1v) is 8.30. The molecule has 0 fully saturated rings. The third-order valence-electron chi connectivity index (χ3n) is 3.38. The summed E-state index contributed by atoms with van der Waals surface area (Å²) >= 11 is 0. The number of benzene rings is 1. The lowest BCUT2D eigenvalue weighted by molar-refractivity contribution is -0.139. The zero-order valence-electron chi connectivity index (χ0n) is 15.2. The Morgan fingerprint density at radius 2 is 1.88 bits per heavy atom. The first-order valence-electron chi connectivity index (χ1n) is 8.30. The van der Waals surface area contributed by atoms with E-state index in [0.29, 0.717) is 18.0 Å². The molecular formula is C18H22F3N3O2. The highest BCUT2D eigenvalue weighted by Crippen LogP contribution is 2.37. The zero-order chi connectivity index (χ0) is 19.3. The molecule has 1 aromatic heterocycles. The molecule has 0 amide bonds. The second-order valence-electron chi connectivity index (χ2n) is 5.93. The van der Waals surface area contributed by atoms with Gasteiger partial charge in [-0.05, 0) is 32.4 Å². The second kappa shape index (κ2) is 8.25. The molecule has 2 aromatic rings. The maximum absolute atomic E-state index is 13.2. The first-order chi connectivity index (χ1) is 12.2. The van der Waals surface area contributed by atoms with Crippen LogP contribution in [-0.2, 0) is 6.18 Å². The summed E-state index contributed by atoms with van der Waals surface area (Å²) in [5.41, 5.74) is -0.352. The van der Waals surface area contributed by atoms with Gasteiger partial charge in [0, 0.05) is 13.2 Å². The average Bonchev–Trinajstić information content (AvgIpc) is 2.58. The molecule has 0 N–H and O–H groups in total. The number of para-hydroxylation sites is 2. The number of hydrogen-bond donors (Lipinski definition) is 0. The fraction of sp³-hybridized carbons (Fsp3) is 0.444. The van der Waals surface area contributed by atoms with E-state index in [2.05, 4.69) is 9.97 Å². The van der Waals surface area contributed by atoms with Crippen LogP contribution < -0.4 is 14.4 Å². The Morgan fingerprint density at radius 3 is 2.50 bits per heavy atom. The van der Waals surface area contributed by atoms with Crippen LogP contribution in [0.3, 0.4) is 0 Å². The van der Waals surface area contributed by atoms with Gasteiger partial charge in [-0.15, -0.1) is 0 Å². The van der Waals surface area contributed by atoms with Gasteiger partial charge in [-0.2, -0.15) is 18.2 Å². The van der Waals surface area contributed by atoms with Gasteiger partial charge in [0.1, 0.15) is 11.3 Å². The summed E-state index contributed by atoms with van der Waals surface area (Å²) < 4.78 is 50.5. The number of alkyl halides is 3. The van der Waals surface area contributed by atoms with Gasteiger partial charge >= 0.3 is 6.18 Å². The van der Waals surface area contributed by atoms with Crippen molar-refractivity contribution in [1.82, 2.24) is 9.97 Å². The van der Waals surface area contributed by atoms with E-state index in [4.69, 9.17) is 9.47 Å². The summed E-state index contributed by atoms with van der Waals surface area (Å²) in [4.78, 5) is 9.43. The zero-order valence-corrected chi connectivity index (χ0v) is 15.2. The highest BCUT2D eigenvalue weighted by atomic mass is 19.4. The van der Waals surface area contributed by atoms with Crippen LogP contribution in [0.15, 0.2) is 30.5 Å². The standard InChI is InChI=1S/C18H22F3N3O2/c1-5-10-25-15-9-7-6-8-14(15)24(4)17-22-11-13(18(19,20)21)16(23-17)26-12(2)3/h6-9,11-12H,5,10H2,1-4H3. The van der Waals surface area contributed by atoms with Crippen molar-refractivity contribution >= 4 is 11.6 Å². The van der Waals surface area contributed by atoms with Crippen LogP contribution in [-0.4, -0.2) is 29.7 Å². The SMILES string of the molecule is CCCOc1ccccc1N(C)c1ncc(C(F)(F)F)c(OC(C)C)n1. The number of halogens is 3. The van der Waals surface area contributed by atoms with E-state index in [1.54, 1.807) is 44.0 Å². The van der Waals surface area contributed by atoms with Crippen molar-refractivity contribution in [3.63, 3.8) is 0 Å². The topological polar surface area (TPSA) is 47.5 Å². The van der Waals surface area contributed by atoms with Crippen molar-refractivity contribution in [2.45, 2.75) is 39.5 Å². The van der Waals surface area contributed by atoms with Gasteiger partial charge in [0.15, 0.2) is 0 Å². The fourth-order valence-electron chi connectivity index (χ4n) is 2.20. The molecule has 26 heavy (non-hydrogen) atoms. The molecule has 1 heterocycles. The monoisotopic (exact) mass is 369 g/mol. The van der Waals surface area contributed by atoms with E-state index in [0.717, 1.165) is 12.6 Å². The second-order valence-corrected chi connectivity index (χ2v) is 5.93. The number of anilines is 2. The Hall–Kier alpha value is -2.51. The van der Waals surface area contributed by atoms with Gasteiger partial charge in [0.25, 0.3) is 0 Å². The summed E-state index contributed by atoms with van der Waals surface area (Å²) in [6.07, 6.45) is -3.47. The Labute approximate surface area is 150 Å². The normalized spacial score (nSPS) is 11.5. The van der Waals surface area contributed by atoms with Crippen molar-refractivity contribution in [2.24, 2.45) is 0 Å². The quantitative estimate of drug-likeness (QED) is 0.699. The summed E-state index contributed by atoms with van der Waals surface area (Å²) in [6, 6.07) is 7.20. The minimum atomic E-state index is -4.59. The van der Waals surface area contributed by atoms with E-state index < -0.39 is 23.7 Å². The highest BCUT2D eigenvalue weighted by Gasteiger charge is 2.37. The van der Waals surface area contributed by atoms with Crippen LogP contribution in [0.25, 0.3) is 0 Å². The van der Waals surface area contributed by atoms with E-state index in [-0.39, 0.29) is 5.95 Å². The minimum absolute atomic E-state index is 0.0844. The molecule has 2 rings (SSSR count). The van der Waals surface area contributed by atoms with E-state index in [1.165, 1.54) is 0 Å². The van der Waals surface area contributed by atoms with Gasteiger partial charge in [-0.1, -0.05) is 19.1 Å². The molecular weight excluding hydrogens is 347 g/mol. The van der Waals surface area contributed by atoms with Crippen LogP contribution >= 0.6 is 0 Å². The van der Waals surface area contributed by atoms with E-state index in [1.807, 2.05) is 13.0 Å². The number of aromatic nitrogens is 2. The van der Waals surface area contributed by atoms with E-state index >= 15 is 0 Å². The molecule has 0 bridgehead atoms. The molecule has 0 saturated carbocycles. The third-order valence-corrected chi connectivity index (χ3v) is 3.38. The molecule has 0 atom stereocenters. The van der Waals surface area contributed by atoms with Crippen molar-refractivity contribution in [2.75, 3.05) is 18.6 Å². The molecule has 0 saturated heterocycles. The Morgan fingerprint density at radius 1 is 1.19 bits per heavy atom. The predicted molar refractivity (Wildman–Crippen MR) is 93.1 cm³/mol. The van der Waals surface area contributed by atoms with Crippen LogP contribution in [0.2, 0.25) is 0 Å². The molecule has 0 aliphatic heterocycles. The molecule has 8 heteroatoms. The Kier molecular flexibility index (Phi) is 6.28. The molecule has 1 aromatic carbocycles. The summed E-state index contributed by atoms with van der Waals surface area (Å²) in [7, 11) is 1.66.